The average molecular weight is 332 g/mol. The van der Waals surface area contributed by atoms with Crippen LogP contribution < -0.4 is 5.73 Å². The van der Waals surface area contributed by atoms with Crippen molar-refractivity contribution in [3.8, 4) is 0 Å². The smallest absolute Gasteiger partial charge is 0.310 e. The number of hydrogen-bond donors (Lipinski definition) is 1. The molecular weight excluding hydrogens is 308 g/mol. The Morgan fingerprint density at radius 1 is 1.29 bits per heavy atom. The maximum atomic E-state index is 12.2. The Balaban J connectivity index is 2.00. The Labute approximate surface area is 142 Å². The molecule has 0 saturated carbocycles. The van der Waals surface area contributed by atoms with Crippen LogP contribution in [-0.2, 0) is 14.3 Å². The van der Waals surface area contributed by atoms with Crippen LogP contribution in [0.15, 0.2) is 42.1 Å². The van der Waals surface area contributed by atoms with E-state index in [1.807, 2.05) is 6.07 Å². The number of carbonyl (C=O) groups is 2. The van der Waals surface area contributed by atoms with Crippen molar-refractivity contribution in [3.63, 3.8) is 0 Å². The van der Waals surface area contributed by atoms with Crippen molar-refractivity contribution in [1.29, 1.82) is 0 Å². The first-order valence-electron chi connectivity index (χ1n) is 8.03. The van der Waals surface area contributed by atoms with E-state index in [1.54, 1.807) is 24.3 Å². The van der Waals surface area contributed by atoms with E-state index in [4.69, 9.17) is 15.2 Å². The van der Waals surface area contributed by atoms with E-state index >= 15 is 0 Å². The first-order chi connectivity index (χ1) is 11.6. The second-order valence-corrected chi connectivity index (χ2v) is 5.79. The molecule has 1 aliphatic heterocycles. The first kappa shape index (κ1) is 18.2. The summed E-state index contributed by atoms with van der Waals surface area (Å²) in [5.41, 5.74) is 6.95. The van der Waals surface area contributed by atoms with Crippen molar-refractivity contribution in [3.05, 3.63) is 47.7 Å². The molecule has 1 unspecified atom stereocenters. The SMILES string of the molecule is COC(=O)C(C/C(N)=C/C(=O)c1ccccc1)CN1CCOCC1. The molecule has 1 aliphatic rings. The molecule has 0 aliphatic carbocycles. The van der Waals surface area contributed by atoms with Crippen LogP contribution in [-0.4, -0.2) is 56.6 Å². The van der Waals surface area contributed by atoms with Gasteiger partial charge in [-0.2, -0.15) is 0 Å². The van der Waals surface area contributed by atoms with Crippen LogP contribution in [0.4, 0.5) is 0 Å². The van der Waals surface area contributed by atoms with Gasteiger partial charge in [0.05, 0.1) is 26.2 Å². The van der Waals surface area contributed by atoms with Gasteiger partial charge in [0.2, 0.25) is 0 Å². The minimum absolute atomic E-state index is 0.164. The largest absolute Gasteiger partial charge is 0.469 e. The molecule has 24 heavy (non-hydrogen) atoms. The van der Waals surface area contributed by atoms with Gasteiger partial charge in [-0.15, -0.1) is 0 Å². The highest BCUT2D eigenvalue weighted by Gasteiger charge is 2.24. The van der Waals surface area contributed by atoms with Gasteiger partial charge < -0.3 is 15.2 Å². The molecule has 0 spiro atoms. The Bertz CT molecular complexity index is 580. The zero-order chi connectivity index (χ0) is 17.4. The molecule has 0 bridgehead atoms. The molecule has 1 saturated heterocycles. The summed E-state index contributed by atoms with van der Waals surface area (Å²) in [5, 5.41) is 0. The predicted octanol–water partition coefficient (Wildman–Crippen LogP) is 1.22. The van der Waals surface area contributed by atoms with E-state index < -0.39 is 5.92 Å². The van der Waals surface area contributed by atoms with Gasteiger partial charge >= 0.3 is 5.97 Å². The molecule has 2 N–H and O–H groups in total. The molecule has 0 radical (unpaired) electrons. The summed E-state index contributed by atoms with van der Waals surface area (Å²) in [4.78, 5) is 26.3. The maximum Gasteiger partial charge on any atom is 0.310 e. The molecule has 2 rings (SSSR count). The Hall–Kier alpha value is -2.18. The third kappa shape index (κ3) is 5.47. The second kappa shape index (κ2) is 9.20. The normalized spacial score (nSPS) is 17.3. The van der Waals surface area contributed by atoms with Crippen LogP contribution in [0.3, 0.4) is 0 Å². The first-order valence-corrected chi connectivity index (χ1v) is 8.03. The number of ether oxygens (including phenoxy) is 2. The minimum atomic E-state index is -0.395. The quantitative estimate of drug-likeness (QED) is 0.459. The Kier molecular flexibility index (Phi) is 6.96. The lowest BCUT2D eigenvalue weighted by Gasteiger charge is -2.29. The average Bonchev–Trinajstić information content (AvgIpc) is 2.62. The molecule has 1 aromatic rings. The van der Waals surface area contributed by atoms with Gasteiger partial charge in [-0.25, -0.2) is 0 Å². The van der Waals surface area contributed by atoms with Crippen molar-refractivity contribution < 1.29 is 19.1 Å². The summed E-state index contributed by atoms with van der Waals surface area (Å²) in [7, 11) is 1.36. The van der Waals surface area contributed by atoms with Crippen molar-refractivity contribution in [2.75, 3.05) is 40.0 Å². The summed E-state index contributed by atoms with van der Waals surface area (Å²) in [5.74, 6) is -0.874. The van der Waals surface area contributed by atoms with Crippen LogP contribution in [0.25, 0.3) is 0 Å². The van der Waals surface area contributed by atoms with Gasteiger partial charge in [-0.05, 0) is 0 Å². The van der Waals surface area contributed by atoms with Crippen LogP contribution in [0, 0.1) is 5.92 Å². The van der Waals surface area contributed by atoms with Gasteiger partial charge in [-0.3, -0.25) is 14.5 Å². The second-order valence-electron chi connectivity index (χ2n) is 5.79. The molecular formula is C18H24N2O4. The van der Waals surface area contributed by atoms with Gasteiger partial charge in [-0.1, -0.05) is 30.3 Å². The van der Waals surface area contributed by atoms with Crippen molar-refractivity contribution in [2.45, 2.75) is 6.42 Å². The van der Waals surface area contributed by atoms with Crippen LogP contribution in [0.5, 0.6) is 0 Å². The van der Waals surface area contributed by atoms with Crippen molar-refractivity contribution in [2.24, 2.45) is 11.7 Å². The standard InChI is InChI=1S/C18H24N2O4/c1-23-18(22)15(13-20-7-9-24-10-8-20)11-16(19)12-17(21)14-5-3-2-4-6-14/h2-6,12,15H,7-11,13,19H2,1H3/b16-12-. The molecule has 6 nitrogen and oxygen atoms in total. The molecule has 1 aromatic carbocycles. The van der Waals surface area contributed by atoms with Crippen LogP contribution >= 0.6 is 0 Å². The molecule has 1 atom stereocenters. The lowest BCUT2D eigenvalue weighted by Crippen LogP contribution is -2.41. The zero-order valence-electron chi connectivity index (χ0n) is 13.9. The van der Waals surface area contributed by atoms with Gasteiger partial charge in [0.15, 0.2) is 5.78 Å². The number of nitrogens with two attached hydrogens (primary N) is 1. The van der Waals surface area contributed by atoms with Gasteiger partial charge in [0.25, 0.3) is 0 Å². The Morgan fingerprint density at radius 3 is 2.58 bits per heavy atom. The minimum Gasteiger partial charge on any atom is -0.469 e. The van der Waals surface area contributed by atoms with Crippen molar-refractivity contribution >= 4 is 11.8 Å². The molecule has 1 fully saturated rings. The number of esters is 1. The van der Waals surface area contributed by atoms with E-state index in [2.05, 4.69) is 4.90 Å². The highest BCUT2D eigenvalue weighted by molar-refractivity contribution is 6.04. The Morgan fingerprint density at radius 2 is 1.96 bits per heavy atom. The predicted molar refractivity (Wildman–Crippen MR) is 90.4 cm³/mol. The summed E-state index contributed by atoms with van der Waals surface area (Å²) in [6, 6.07) is 8.91. The van der Waals surface area contributed by atoms with Crippen LogP contribution in [0.1, 0.15) is 16.8 Å². The lowest BCUT2D eigenvalue weighted by atomic mass is 10.0. The summed E-state index contributed by atoms with van der Waals surface area (Å²) in [6.07, 6.45) is 1.69. The fourth-order valence-corrected chi connectivity index (χ4v) is 2.68. The highest BCUT2D eigenvalue weighted by Crippen LogP contribution is 2.14. The van der Waals surface area contributed by atoms with Crippen LogP contribution in [0.2, 0.25) is 0 Å². The number of carbonyl (C=O) groups excluding carboxylic acids is 2. The number of allylic oxidation sites excluding steroid dienone is 2. The number of nitrogens with zero attached hydrogens (tertiary/aromatic N) is 1. The summed E-state index contributed by atoms with van der Waals surface area (Å²) >= 11 is 0. The maximum absolute atomic E-state index is 12.2. The van der Waals surface area contributed by atoms with Crippen molar-refractivity contribution in [1.82, 2.24) is 4.90 Å². The van der Waals surface area contributed by atoms with E-state index in [0.717, 1.165) is 13.1 Å². The fraction of sp³-hybridized carbons (Fsp3) is 0.444. The molecule has 1 heterocycles. The highest BCUT2D eigenvalue weighted by atomic mass is 16.5. The third-order valence-electron chi connectivity index (χ3n) is 3.97. The number of rotatable bonds is 7. The van der Waals surface area contributed by atoms with E-state index in [-0.39, 0.29) is 11.8 Å². The molecule has 0 amide bonds. The number of methoxy groups -OCH3 is 1. The third-order valence-corrected chi connectivity index (χ3v) is 3.97. The molecule has 0 aromatic heterocycles. The molecule has 6 heteroatoms. The van der Waals surface area contributed by atoms with E-state index in [0.29, 0.717) is 37.4 Å². The number of morpholine rings is 1. The fourth-order valence-electron chi connectivity index (χ4n) is 2.68. The summed E-state index contributed by atoms with van der Waals surface area (Å²) in [6.45, 7) is 3.42. The van der Waals surface area contributed by atoms with E-state index in [9.17, 15) is 9.59 Å². The number of benzene rings is 1. The van der Waals surface area contributed by atoms with Gasteiger partial charge in [0, 0.05) is 43.4 Å². The molecule has 130 valence electrons. The number of ketones is 1. The number of hydrogen-bond acceptors (Lipinski definition) is 6. The zero-order valence-corrected chi connectivity index (χ0v) is 13.9. The lowest BCUT2D eigenvalue weighted by molar-refractivity contribution is -0.146. The van der Waals surface area contributed by atoms with Gasteiger partial charge in [0.1, 0.15) is 0 Å². The monoisotopic (exact) mass is 332 g/mol. The topological polar surface area (TPSA) is 81.9 Å². The van der Waals surface area contributed by atoms with E-state index in [1.165, 1.54) is 13.2 Å². The summed E-state index contributed by atoms with van der Waals surface area (Å²) < 4.78 is 10.2.